The van der Waals surface area contributed by atoms with Crippen LogP contribution < -0.4 is 18.9 Å². The highest BCUT2D eigenvalue weighted by atomic mass is 16.7. The molecule has 0 atom stereocenters. The molecule has 1 aliphatic heterocycles. The van der Waals surface area contributed by atoms with Gasteiger partial charge in [0.2, 0.25) is 6.79 Å². The van der Waals surface area contributed by atoms with Crippen LogP contribution in [-0.2, 0) is 6.42 Å². The van der Waals surface area contributed by atoms with Crippen molar-refractivity contribution in [1.82, 2.24) is 0 Å². The van der Waals surface area contributed by atoms with Crippen molar-refractivity contribution >= 4 is 6.08 Å². The highest BCUT2D eigenvalue weighted by Crippen LogP contribution is 2.38. The molecule has 0 spiro atoms. The maximum Gasteiger partial charge on any atom is 0.231 e. The van der Waals surface area contributed by atoms with Crippen LogP contribution in [0.3, 0.4) is 0 Å². The van der Waals surface area contributed by atoms with Crippen molar-refractivity contribution in [2.45, 2.75) is 6.42 Å². The third-order valence-corrected chi connectivity index (χ3v) is 3.67. The molecule has 1 aliphatic rings. The fourth-order valence-corrected chi connectivity index (χ4v) is 2.45. The highest BCUT2D eigenvalue weighted by Gasteiger charge is 2.17. The standard InChI is InChI=1S/C19H20O5/c1-21-16-7-5-14(6-8-16)3-2-4-15-11-18-19(24-13-23-18)12-17(15)22-10-9-20/h2-3,5-8,11-12,20H,4,9-10,13H2,1H3/b3-2-. The van der Waals surface area contributed by atoms with E-state index in [9.17, 15) is 0 Å². The molecular weight excluding hydrogens is 308 g/mol. The second kappa shape index (κ2) is 7.75. The molecule has 5 heteroatoms. The molecule has 1 N–H and O–H groups in total. The Morgan fingerprint density at radius 1 is 1.12 bits per heavy atom. The predicted octanol–water partition coefficient (Wildman–Crippen LogP) is 3.05. The molecule has 0 bridgehead atoms. The van der Waals surface area contributed by atoms with Gasteiger partial charge in [-0.3, -0.25) is 0 Å². The third kappa shape index (κ3) is 3.81. The van der Waals surface area contributed by atoms with E-state index >= 15 is 0 Å². The summed E-state index contributed by atoms with van der Waals surface area (Å²) in [5.74, 6) is 2.93. The summed E-state index contributed by atoms with van der Waals surface area (Å²) < 4.78 is 21.6. The van der Waals surface area contributed by atoms with E-state index in [1.807, 2.05) is 42.5 Å². The van der Waals surface area contributed by atoms with Crippen LogP contribution in [0.5, 0.6) is 23.0 Å². The van der Waals surface area contributed by atoms with Gasteiger partial charge in [-0.15, -0.1) is 0 Å². The van der Waals surface area contributed by atoms with Crippen LogP contribution in [0.15, 0.2) is 42.5 Å². The summed E-state index contributed by atoms with van der Waals surface area (Å²) >= 11 is 0. The summed E-state index contributed by atoms with van der Waals surface area (Å²) in [6.07, 6.45) is 4.79. The molecule has 1 heterocycles. The van der Waals surface area contributed by atoms with Gasteiger partial charge in [-0.05, 0) is 30.2 Å². The summed E-state index contributed by atoms with van der Waals surface area (Å²) in [7, 11) is 1.65. The lowest BCUT2D eigenvalue weighted by atomic mass is 10.1. The molecule has 126 valence electrons. The topological polar surface area (TPSA) is 57.2 Å². The molecule has 0 saturated heterocycles. The van der Waals surface area contributed by atoms with Gasteiger partial charge in [0.05, 0.1) is 13.7 Å². The quantitative estimate of drug-likeness (QED) is 0.846. The van der Waals surface area contributed by atoms with Crippen molar-refractivity contribution in [2.24, 2.45) is 0 Å². The largest absolute Gasteiger partial charge is 0.497 e. The summed E-state index contributed by atoms with van der Waals surface area (Å²) in [6, 6.07) is 11.6. The lowest BCUT2D eigenvalue weighted by molar-refractivity contribution is 0.173. The molecule has 0 fully saturated rings. The Balaban J connectivity index is 1.74. The van der Waals surface area contributed by atoms with Gasteiger partial charge in [-0.2, -0.15) is 0 Å². The average Bonchev–Trinajstić information content (AvgIpc) is 3.07. The fourth-order valence-electron chi connectivity index (χ4n) is 2.45. The molecule has 24 heavy (non-hydrogen) atoms. The van der Waals surface area contributed by atoms with Crippen LogP contribution in [0.25, 0.3) is 6.08 Å². The highest BCUT2D eigenvalue weighted by molar-refractivity contribution is 5.55. The SMILES string of the molecule is COc1ccc(/C=C\Cc2cc3c(cc2OCCO)OCO3)cc1. The number of fused-ring (bicyclic) bond motifs is 1. The van der Waals surface area contributed by atoms with Gasteiger partial charge in [0.1, 0.15) is 18.1 Å². The molecular formula is C19H20O5. The van der Waals surface area contributed by atoms with E-state index in [0.29, 0.717) is 17.9 Å². The summed E-state index contributed by atoms with van der Waals surface area (Å²) in [4.78, 5) is 0. The molecule has 0 radical (unpaired) electrons. The minimum atomic E-state index is -0.0322. The molecule has 0 aliphatic carbocycles. The van der Waals surface area contributed by atoms with Gasteiger partial charge in [0, 0.05) is 11.6 Å². The van der Waals surface area contributed by atoms with Crippen molar-refractivity contribution < 1.29 is 24.1 Å². The monoisotopic (exact) mass is 328 g/mol. The first-order chi connectivity index (χ1) is 11.8. The Morgan fingerprint density at radius 3 is 2.58 bits per heavy atom. The number of hydrogen-bond acceptors (Lipinski definition) is 5. The number of allylic oxidation sites excluding steroid dienone is 1. The Kier molecular flexibility index (Phi) is 5.23. The molecule has 2 aromatic rings. The lowest BCUT2D eigenvalue weighted by Gasteiger charge is -2.10. The zero-order valence-corrected chi connectivity index (χ0v) is 13.5. The zero-order valence-electron chi connectivity index (χ0n) is 13.5. The van der Waals surface area contributed by atoms with E-state index < -0.39 is 0 Å². The van der Waals surface area contributed by atoms with E-state index in [4.69, 9.17) is 24.1 Å². The van der Waals surface area contributed by atoms with Crippen molar-refractivity contribution in [3.05, 3.63) is 53.6 Å². The first-order valence-corrected chi connectivity index (χ1v) is 7.77. The summed E-state index contributed by atoms with van der Waals surface area (Å²) in [5, 5.41) is 8.97. The Bertz CT molecular complexity index is 706. The van der Waals surface area contributed by atoms with Crippen molar-refractivity contribution in [1.29, 1.82) is 0 Å². The Morgan fingerprint density at radius 2 is 1.88 bits per heavy atom. The zero-order chi connectivity index (χ0) is 16.8. The van der Waals surface area contributed by atoms with Gasteiger partial charge in [0.15, 0.2) is 11.5 Å². The molecule has 0 saturated carbocycles. The molecule has 0 aromatic heterocycles. The van der Waals surface area contributed by atoms with Crippen molar-refractivity contribution in [3.63, 3.8) is 0 Å². The van der Waals surface area contributed by atoms with Gasteiger partial charge < -0.3 is 24.1 Å². The number of ether oxygens (including phenoxy) is 4. The van der Waals surface area contributed by atoms with E-state index in [1.165, 1.54) is 0 Å². The maximum absolute atomic E-state index is 8.97. The predicted molar refractivity (Wildman–Crippen MR) is 90.9 cm³/mol. The molecule has 0 amide bonds. The second-order valence-corrected chi connectivity index (χ2v) is 5.26. The van der Waals surface area contributed by atoms with E-state index in [-0.39, 0.29) is 20.0 Å². The first-order valence-electron chi connectivity index (χ1n) is 7.77. The number of rotatable bonds is 7. The van der Waals surface area contributed by atoms with Crippen LogP contribution in [0.4, 0.5) is 0 Å². The minimum Gasteiger partial charge on any atom is -0.497 e. The van der Waals surface area contributed by atoms with Crippen LogP contribution in [0.2, 0.25) is 0 Å². The molecule has 2 aromatic carbocycles. The molecule has 3 rings (SSSR count). The van der Waals surface area contributed by atoms with Crippen LogP contribution >= 0.6 is 0 Å². The van der Waals surface area contributed by atoms with E-state index in [1.54, 1.807) is 7.11 Å². The molecule has 5 nitrogen and oxygen atoms in total. The number of methoxy groups -OCH3 is 1. The van der Waals surface area contributed by atoms with Gasteiger partial charge in [0.25, 0.3) is 0 Å². The Labute approximate surface area is 141 Å². The number of hydrogen-bond donors (Lipinski definition) is 1. The van der Waals surface area contributed by atoms with Crippen LogP contribution in [0, 0.1) is 0 Å². The van der Waals surface area contributed by atoms with Crippen LogP contribution in [-0.4, -0.2) is 32.2 Å². The number of benzene rings is 2. The van der Waals surface area contributed by atoms with Crippen molar-refractivity contribution in [2.75, 3.05) is 27.1 Å². The second-order valence-electron chi connectivity index (χ2n) is 5.26. The van der Waals surface area contributed by atoms with Gasteiger partial charge in [-0.1, -0.05) is 24.3 Å². The van der Waals surface area contributed by atoms with E-state index in [0.717, 1.165) is 22.6 Å². The number of aliphatic hydroxyl groups excluding tert-OH is 1. The minimum absolute atomic E-state index is 0.0322. The number of aliphatic hydroxyl groups is 1. The van der Waals surface area contributed by atoms with Gasteiger partial charge >= 0.3 is 0 Å². The third-order valence-electron chi connectivity index (χ3n) is 3.67. The molecule has 0 unspecified atom stereocenters. The lowest BCUT2D eigenvalue weighted by Crippen LogP contribution is -2.03. The smallest absolute Gasteiger partial charge is 0.231 e. The maximum atomic E-state index is 8.97. The Hall–Kier alpha value is -2.66. The van der Waals surface area contributed by atoms with E-state index in [2.05, 4.69) is 6.08 Å². The summed E-state index contributed by atoms with van der Waals surface area (Å²) in [5.41, 5.74) is 2.08. The van der Waals surface area contributed by atoms with Crippen LogP contribution in [0.1, 0.15) is 11.1 Å². The van der Waals surface area contributed by atoms with Crippen molar-refractivity contribution in [3.8, 4) is 23.0 Å². The van der Waals surface area contributed by atoms with Gasteiger partial charge in [-0.25, -0.2) is 0 Å². The average molecular weight is 328 g/mol. The first kappa shape index (κ1) is 16.2. The summed E-state index contributed by atoms with van der Waals surface area (Å²) in [6.45, 7) is 0.435. The fraction of sp³-hybridized carbons (Fsp3) is 0.263. The normalized spacial score (nSPS) is 12.6.